The fraction of sp³-hybridized carbons (Fsp3) is 0.429. The van der Waals surface area contributed by atoms with Crippen LogP contribution in [-0.2, 0) is 0 Å². The molecule has 0 bridgehead atoms. The standard InChI is InChI=1S/C35H41N5OS2/c1-6-7-8-9-21-41-29-17-11-25(12-18-29)26(24-36)22-30-23-31-32(42-30)37-33(43-31)39-38-27-13-15-28(16-14-27)40-34(2,3)19-10-20-35(40,4)5/h11-18,22-23H,6-10,19-21H2,1-5H3/b26-22+,39-38?. The van der Waals surface area contributed by atoms with Crippen LogP contribution >= 0.6 is 22.7 Å². The third-order valence-corrected chi connectivity index (χ3v) is 10.1. The normalized spacial score (nSPS) is 16.6. The van der Waals surface area contributed by atoms with Gasteiger partial charge >= 0.3 is 0 Å². The van der Waals surface area contributed by atoms with Crippen LogP contribution in [0.2, 0.25) is 0 Å². The Bertz CT molecular complexity index is 1570. The summed E-state index contributed by atoms with van der Waals surface area (Å²) in [7, 11) is 0. The molecule has 0 saturated carbocycles. The highest BCUT2D eigenvalue weighted by Gasteiger charge is 2.41. The lowest BCUT2D eigenvalue weighted by atomic mass is 9.79. The fourth-order valence-corrected chi connectivity index (χ4v) is 8.08. The molecule has 1 saturated heterocycles. The van der Waals surface area contributed by atoms with Crippen LogP contribution in [0.3, 0.4) is 0 Å². The number of rotatable bonds is 11. The molecule has 0 aliphatic carbocycles. The van der Waals surface area contributed by atoms with E-state index in [0.717, 1.165) is 44.4 Å². The van der Waals surface area contributed by atoms with Gasteiger partial charge in [-0.2, -0.15) is 5.26 Å². The number of nitrogens with zero attached hydrogens (tertiary/aromatic N) is 5. The van der Waals surface area contributed by atoms with Gasteiger partial charge in [0.15, 0.2) is 0 Å². The number of ether oxygens (including phenoxy) is 1. The number of benzene rings is 2. The molecule has 8 heteroatoms. The Hall–Kier alpha value is -3.54. The van der Waals surface area contributed by atoms with Crippen LogP contribution in [-0.4, -0.2) is 22.7 Å². The fourth-order valence-electron chi connectivity index (χ4n) is 6.09. The molecule has 1 aliphatic heterocycles. The number of piperidine rings is 1. The number of thiazole rings is 1. The molecular weight excluding hydrogens is 571 g/mol. The Balaban J connectivity index is 1.23. The van der Waals surface area contributed by atoms with Crippen molar-refractivity contribution in [2.45, 2.75) is 90.6 Å². The van der Waals surface area contributed by atoms with Crippen LogP contribution in [0.25, 0.3) is 21.2 Å². The largest absolute Gasteiger partial charge is 0.494 e. The molecule has 1 fully saturated rings. The van der Waals surface area contributed by atoms with Gasteiger partial charge in [-0.15, -0.1) is 21.6 Å². The predicted molar refractivity (Wildman–Crippen MR) is 182 cm³/mol. The van der Waals surface area contributed by atoms with E-state index >= 15 is 0 Å². The smallest absolute Gasteiger partial charge is 0.231 e. The Kier molecular flexibility index (Phi) is 9.63. The highest BCUT2D eigenvalue weighted by Crippen LogP contribution is 2.42. The summed E-state index contributed by atoms with van der Waals surface area (Å²) in [4.78, 5) is 9.13. The molecule has 5 rings (SSSR count). The van der Waals surface area contributed by atoms with Gasteiger partial charge in [-0.1, -0.05) is 37.5 Å². The van der Waals surface area contributed by atoms with Crippen molar-refractivity contribution in [3.05, 3.63) is 65.0 Å². The number of fused-ring (bicyclic) bond motifs is 1. The van der Waals surface area contributed by atoms with Crippen LogP contribution in [0, 0.1) is 11.3 Å². The third kappa shape index (κ3) is 7.52. The van der Waals surface area contributed by atoms with Gasteiger partial charge in [0.2, 0.25) is 5.13 Å². The maximum Gasteiger partial charge on any atom is 0.231 e. The first-order chi connectivity index (χ1) is 20.7. The van der Waals surface area contributed by atoms with Crippen molar-refractivity contribution >= 4 is 60.4 Å². The second kappa shape index (κ2) is 13.4. The molecule has 0 N–H and O–H groups in total. The first-order valence-corrected chi connectivity index (χ1v) is 16.9. The maximum absolute atomic E-state index is 9.84. The number of allylic oxidation sites excluding steroid dienone is 1. The van der Waals surface area contributed by atoms with Gasteiger partial charge in [0.25, 0.3) is 0 Å². The van der Waals surface area contributed by atoms with Crippen molar-refractivity contribution in [3.8, 4) is 11.8 Å². The van der Waals surface area contributed by atoms with Gasteiger partial charge in [0.1, 0.15) is 10.6 Å². The molecule has 2 aromatic heterocycles. The molecule has 0 atom stereocenters. The summed E-state index contributed by atoms with van der Waals surface area (Å²) in [6, 6.07) is 20.6. The SMILES string of the molecule is CCCCCCOc1ccc(/C(C#N)=C/c2cc3sc(N=Nc4ccc(N5C(C)(C)CCCC5(C)C)cc4)nc3s2)cc1. The van der Waals surface area contributed by atoms with Crippen LogP contribution in [0.4, 0.5) is 16.5 Å². The Labute approximate surface area is 263 Å². The zero-order valence-electron chi connectivity index (χ0n) is 25.9. The van der Waals surface area contributed by atoms with Crippen LogP contribution in [0.5, 0.6) is 5.75 Å². The van der Waals surface area contributed by atoms with Crippen LogP contribution in [0.1, 0.15) is 90.0 Å². The summed E-state index contributed by atoms with van der Waals surface area (Å²) < 4.78 is 6.89. The van der Waals surface area contributed by atoms with Gasteiger partial charge in [-0.3, -0.25) is 0 Å². The zero-order chi connectivity index (χ0) is 30.5. The van der Waals surface area contributed by atoms with E-state index in [1.807, 2.05) is 42.5 Å². The molecule has 0 unspecified atom stereocenters. The Morgan fingerprint density at radius 2 is 1.70 bits per heavy atom. The van der Waals surface area contributed by atoms with E-state index in [2.05, 4.69) is 79.0 Å². The lowest BCUT2D eigenvalue weighted by molar-refractivity contribution is 0.244. The van der Waals surface area contributed by atoms with Crippen molar-refractivity contribution in [1.82, 2.24) is 4.98 Å². The van der Waals surface area contributed by atoms with Crippen molar-refractivity contribution in [3.63, 3.8) is 0 Å². The molecule has 2 aromatic carbocycles. The van der Waals surface area contributed by atoms with Crippen LogP contribution in [0.15, 0.2) is 64.8 Å². The number of azo groups is 1. The first-order valence-electron chi connectivity index (χ1n) is 15.3. The van der Waals surface area contributed by atoms with Gasteiger partial charge in [-0.25, -0.2) is 4.98 Å². The minimum Gasteiger partial charge on any atom is -0.494 e. The van der Waals surface area contributed by atoms with E-state index in [1.165, 1.54) is 55.5 Å². The van der Waals surface area contributed by atoms with Crippen molar-refractivity contribution < 1.29 is 4.74 Å². The average Bonchev–Trinajstić information content (AvgIpc) is 3.53. The number of hydrogen-bond acceptors (Lipinski definition) is 8. The number of nitriles is 1. The quantitative estimate of drug-likeness (QED) is 0.0960. The summed E-state index contributed by atoms with van der Waals surface area (Å²) >= 11 is 3.07. The van der Waals surface area contributed by atoms with E-state index in [1.54, 1.807) is 11.3 Å². The number of anilines is 1. The van der Waals surface area contributed by atoms with Crippen molar-refractivity contribution in [2.24, 2.45) is 10.2 Å². The predicted octanol–water partition coefficient (Wildman–Crippen LogP) is 11.3. The monoisotopic (exact) mass is 611 g/mol. The van der Waals surface area contributed by atoms with E-state index in [-0.39, 0.29) is 11.1 Å². The molecule has 3 heterocycles. The second-order valence-corrected chi connectivity index (χ2v) is 14.5. The van der Waals surface area contributed by atoms with Gasteiger partial charge in [0.05, 0.1) is 28.6 Å². The minimum atomic E-state index is 0.117. The summed E-state index contributed by atoms with van der Waals surface area (Å²) in [5.74, 6) is 0.839. The lowest BCUT2D eigenvalue weighted by Gasteiger charge is -2.54. The summed E-state index contributed by atoms with van der Waals surface area (Å²) in [5, 5.41) is 19.4. The minimum absolute atomic E-state index is 0.117. The molecule has 43 heavy (non-hydrogen) atoms. The van der Waals surface area contributed by atoms with Crippen molar-refractivity contribution in [2.75, 3.05) is 11.5 Å². The Morgan fingerprint density at radius 3 is 2.35 bits per heavy atom. The highest BCUT2D eigenvalue weighted by atomic mass is 32.1. The van der Waals surface area contributed by atoms with Crippen molar-refractivity contribution in [1.29, 1.82) is 5.26 Å². The molecule has 1 aliphatic rings. The summed E-state index contributed by atoms with van der Waals surface area (Å²) in [6.45, 7) is 12.3. The first kappa shape index (κ1) is 30.9. The molecule has 0 amide bonds. The van der Waals surface area contributed by atoms with Gasteiger partial charge in [-0.05, 0) is 120 Å². The second-order valence-electron chi connectivity index (χ2n) is 12.4. The van der Waals surface area contributed by atoms with Gasteiger partial charge < -0.3 is 9.64 Å². The Morgan fingerprint density at radius 1 is 0.977 bits per heavy atom. The molecule has 4 aromatic rings. The number of hydrogen-bond donors (Lipinski definition) is 0. The van der Waals surface area contributed by atoms with Gasteiger partial charge in [0, 0.05) is 21.6 Å². The molecule has 0 spiro atoms. The number of aromatic nitrogens is 1. The topological polar surface area (TPSA) is 73.9 Å². The summed E-state index contributed by atoms with van der Waals surface area (Å²) in [5.41, 5.74) is 3.76. The molecular formula is C35H41N5OS2. The van der Waals surface area contributed by atoms with E-state index in [9.17, 15) is 5.26 Å². The number of unbranched alkanes of at least 4 members (excludes halogenated alkanes) is 3. The average molecular weight is 612 g/mol. The molecule has 6 nitrogen and oxygen atoms in total. The number of thiophene rings is 1. The third-order valence-electron chi connectivity index (χ3n) is 8.08. The van der Waals surface area contributed by atoms with Crippen LogP contribution < -0.4 is 9.64 Å². The van der Waals surface area contributed by atoms with E-state index in [4.69, 9.17) is 4.74 Å². The van der Waals surface area contributed by atoms with E-state index in [0.29, 0.717) is 10.7 Å². The molecule has 0 radical (unpaired) electrons. The zero-order valence-corrected chi connectivity index (χ0v) is 27.5. The highest BCUT2D eigenvalue weighted by molar-refractivity contribution is 7.29. The maximum atomic E-state index is 9.84. The molecule has 224 valence electrons. The lowest BCUT2D eigenvalue weighted by Crippen LogP contribution is -2.58. The van der Waals surface area contributed by atoms with E-state index < -0.39 is 0 Å². The summed E-state index contributed by atoms with van der Waals surface area (Å²) in [6.07, 6.45) is 10.3.